The summed E-state index contributed by atoms with van der Waals surface area (Å²) in [6.07, 6.45) is 3.12. The number of hydrogen-bond donors (Lipinski definition) is 2. The van der Waals surface area contributed by atoms with Gasteiger partial charge in [0.25, 0.3) is 0 Å². The zero-order valence-corrected chi connectivity index (χ0v) is 17.8. The number of aryl methyl sites for hydroxylation is 2. The van der Waals surface area contributed by atoms with Gasteiger partial charge in [0.2, 0.25) is 0 Å². The second kappa shape index (κ2) is 9.58. The summed E-state index contributed by atoms with van der Waals surface area (Å²) in [4.78, 5) is 4.41. The molecule has 0 bridgehead atoms. The predicted octanol–water partition coefficient (Wildman–Crippen LogP) is 3.50. The van der Waals surface area contributed by atoms with E-state index in [-0.39, 0.29) is 5.41 Å². The van der Waals surface area contributed by atoms with Crippen molar-refractivity contribution in [3.8, 4) is 0 Å². The van der Waals surface area contributed by atoms with Crippen LogP contribution in [0, 0.1) is 13.8 Å². The van der Waals surface area contributed by atoms with Crippen LogP contribution in [0.2, 0.25) is 0 Å². The minimum atomic E-state index is 0.120. The van der Waals surface area contributed by atoms with Crippen LogP contribution in [0.25, 0.3) is 0 Å². The molecule has 0 saturated heterocycles. The van der Waals surface area contributed by atoms with Crippen molar-refractivity contribution in [2.45, 2.75) is 52.4 Å². The molecule has 0 fully saturated rings. The molecular weight excluding hydrogens is 334 g/mol. The molecule has 0 saturated carbocycles. The second-order valence-corrected chi connectivity index (χ2v) is 7.23. The third-order valence-electron chi connectivity index (χ3n) is 5.88. The highest BCUT2D eigenvalue weighted by atomic mass is 15.3. The molecule has 5 heteroatoms. The lowest BCUT2D eigenvalue weighted by Gasteiger charge is -2.33. The van der Waals surface area contributed by atoms with Crippen molar-refractivity contribution in [2.75, 3.05) is 20.1 Å². The van der Waals surface area contributed by atoms with Crippen molar-refractivity contribution in [1.29, 1.82) is 0 Å². The van der Waals surface area contributed by atoms with E-state index in [4.69, 9.17) is 0 Å². The molecule has 5 nitrogen and oxygen atoms in total. The molecule has 2 N–H and O–H groups in total. The SMILES string of the molecule is CCC(CC)(CNC(=NC)NCCc1c(C)nn(C)c1C)c1ccccc1. The van der Waals surface area contributed by atoms with Crippen LogP contribution in [0.5, 0.6) is 0 Å². The first kappa shape index (κ1) is 21.0. The molecule has 2 rings (SSSR count). The number of benzene rings is 1. The number of rotatable bonds is 8. The van der Waals surface area contributed by atoms with Gasteiger partial charge in [0.05, 0.1) is 5.69 Å². The van der Waals surface area contributed by atoms with Crippen molar-refractivity contribution in [2.24, 2.45) is 12.0 Å². The Hall–Kier alpha value is -2.30. The first-order valence-corrected chi connectivity index (χ1v) is 9.96. The molecule has 0 radical (unpaired) electrons. The van der Waals surface area contributed by atoms with E-state index in [0.29, 0.717) is 0 Å². The summed E-state index contributed by atoms with van der Waals surface area (Å²) in [6.45, 7) is 10.4. The molecule has 27 heavy (non-hydrogen) atoms. The molecule has 0 unspecified atom stereocenters. The highest BCUT2D eigenvalue weighted by Gasteiger charge is 2.28. The van der Waals surface area contributed by atoms with Crippen molar-refractivity contribution in [3.05, 3.63) is 52.8 Å². The van der Waals surface area contributed by atoms with Gasteiger partial charge in [0, 0.05) is 38.3 Å². The third-order valence-corrected chi connectivity index (χ3v) is 5.88. The zero-order chi connectivity index (χ0) is 19.9. The summed E-state index contributed by atoms with van der Waals surface area (Å²) in [6, 6.07) is 10.8. The average Bonchev–Trinajstić information content (AvgIpc) is 2.94. The lowest BCUT2D eigenvalue weighted by atomic mass is 9.76. The molecule has 0 amide bonds. The molecule has 1 aromatic heterocycles. The van der Waals surface area contributed by atoms with E-state index in [9.17, 15) is 0 Å². The highest BCUT2D eigenvalue weighted by Crippen LogP contribution is 2.30. The summed E-state index contributed by atoms with van der Waals surface area (Å²) in [5, 5.41) is 11.5. The minimum Gasteiger partial charge on any atom is -0.356 e. The van der Waals surface area contributed by atoms with E-state index in [1.165, 1.54) is 16.8 Å². The van der Waals surface area contributed by atoms with Gasteiger partial charge < -0.3 is 10.6 Å². The van der Waals surface area contributed by atoms with Crippen molar-refractivity contribution in [1.82, 2.24) is 20.4 Å². The summed E-state index contributed by atoms with van der Waals surface area (Å²) in [7, 11) is 3.83. The van der Waals surface area contributed by atoms with Crippen molar-refractivity contribution in [3.63, 3.8) is 0 Å². The second-order valence-electron chi connectivity index (χ2n) is 7.23. The van der Waals surface area contributed by atoms with E-state index < -0.39 is 0 Å². The molecule has 1 aromatic carbocycles. The fraction of sp³-hybridized carbons (Fsp3) is 0.545. The number of nitrogens with one attached hydrogen (secondary N) is 2. The predicted molar refractivity (Wildman–Crippen MR) is 114 cm³/mol. The van der Waals surface area contributed by atoms with Gasteiger partial charge >= 0.3 is 0 Å². The highest BCUT2D eigenvalue weighted by molar-refractivity contribution is 5.79. The van der Waals surface area contributed by atoms with E-state index in [1.807, 2.05) is 18.8 Å². The number of hydrogen-bond acceptors (Lipinski definition) is 2. The normalized spacial score (nSPS) is 12.3. The van der Waals surface area contributed by atoms with Crippen LogP contribution in [-0.2, 0) is 18.9 Å². The van der Waals surface area contributed by atoms with E-state index in [0.717, 1.165) is 44.0 Å². The lowest BCUT2D eigenvalue weighted by molar-refractivity contribution is 0.389. The maximum absolute atomic E-state index is 4.50. The van der Waals surface area contributed by atoms with Gasteiger partial charge in [0.15, 0.2) is 5.96 Å². The summed E-state index contributed by atoms with van der Waals surface area (Å²) in [5.41, 5.74) is 5.17. The van der Waals surface area contributed by atoms with E-state index >= 15 is 0 Å². The summed E-state index contributed by atoms with van der Waals surface area (Å²) in [5.74, 6) is 0.858. The Morgan fingerprint density at radius 1 is 1.11 bits per heavy atom. The number of aromatic nitrogens is 2. The number of aliphatic imine (C=N–C) groups is 1. The molecule has 0 aliphatic rings. The average molecular weight is 370 g/mol. The maximum atomic E-state index is 4.50. The number of guanidine groups is 1. The first-order chi connectivity index (χ1) is 13.0. The van der Waals surface area contributed by atoms with Crippen LogP contribution in [0.1, 0.15) is 49.2 Å². The lowest BCUT2D eigenvalue weighted by Crippen LogP contribution is -2.45. The molecule has 0 atom stereocenters. The van der Waals surface area contributed by atoms with Crippen molar-refractivity contribution < 1.29 is 0 Å². The van der Waals surface area contributed by atoms with Crippen LogP contribution >= 0.6 is 0 Å². The van der Waals surface area contributed by atoms with Crippen molar-refractivity contribution >= 4 is 5.96 Å². The van der Waals surface area contributed by atoms with Gasteiger partial charge in [0.1, 0.15) is 0 Å². The van der Waals surface area contributed by atoms with Gasteiger partial charge in [-0.2, -0.15) is 5.10 Å². The smallest absolute Gasteiger partial charge is 0.191 e. The Labute approximate surface area is 164 Å². The maximum Gasteiger partial charge on any atom is 0.191 e. The fourth-order valence-electron chi connectivity index (χ4n) is 3.76. The van der Waals surface area contributed by atoms with E-state index in [1.54, 1.807) is 0 Å². The largest absolute Gasteiger partial charge is 0.356 e. The van der Waals surface area contributed by atoms with Gasteiger partial charge in [-0.05, 0) is 44.2 Å². The molecule has 0 aliphatic carbocycles. The minimum absolute atomic E-state index is 0.120. The Morgan fingerprint density at radius 3 is 2.30 bits per heavy atom. The van der Waals surface area contributed by atoms with Crippen LogP contribution < -0.4 is 10.6 Å². The molecule has 2 aromatic rings. The van der Waals surface area contributed by atoms with E-state index in [2.05, 4.69) is 78.8 Å². The Kier molecular flexibility index (Phi) is 7.45. The van der Waals surface area contributed by atoms with Crippen LogP contribution in [-0.4, -0.2) is 35.9 Å². The molecule has 1 heterocycles. The van der Waals surface area contributed by atoms with Gasteiger partial charge in [-0.3, -0.25) is 9.67 Å². The van der Waals surface area contributed by atoms with Crippen LogP contribution in [0.3, 0.4) is 0 Å². The Bertz CT molecular complexity index is 742. The fourth-order valence-corrected chi connectivity index (χ4v) is 3.76. The van der Waals surface area contributed by atoms with Gasteiger partial charge in [-0.25, -0.2) is 0 Å². The molecule has 148 valence electrons. The first-order valence-electron chi connectivity index (χ1n) is 9.96. The zero-order valence-electron chi connectivity index (χ0n) is 17.8. The monoisotopic (exact) mass is 369 g/mol. The summed E-state index contributed by atoms with van der Waals surface area (Å²) >= 11 is 0. The molecule has 0 aliphatic heterocycles. The Balaban J connectivity index is 1.96. The van der Waals surface area contributed by atoms with Gasteiger partial charge in [-0.1, -0.05) is 44.2 Å². The number of nitrogens with zero attached hydrogens (tertiary/aromatic N) is 3. The quantitative estimate of drug-likeness (QED) is 0.553. The molecule has 0 spiro atoms. The van der Waals surface area contributed by atoms with Crippen LogP contribution in [0.4, 0.5) is 0 Å². The molecular formula is C22H35N5. The summed E-state index contributed by atoms with van der Waals surface area (Å²) < 4.78 is 1.95. The topological polar surface area (TPSA) is 54.2 Å². The Morgan fingerprint density at radius 2 is 1.78 bits per heavy atom. The third kappa shape index (κ3) is 4.90. The van der Waals surface area contributed by atoms with Crippen LogP contribution in [0.15, 0.2) is 35.3 Å². The van der Waals surface area contributed by atoms with Gasteiger partial charge in [-0.15, -0.1) is 0 Å². The standard InChI is InChI=1S/C22H35N5/c1-7-22(8-2,19-12-10-9-11-13-19)16-25-21(23-5)24-15-14-20-17(3)26-27(6)18(20)4/h9-13H,7-8,14-16H2,1-6H3,(H2,23,24,25).